The number of carboxylic acid groups (broad SMARTS) is 1. The third-order valence-electron chi connectivity index (χ3n) is 6.43. The molecule has 0 unspecified atom stereocenters. The number of rotatable bonds is 10. The normalized spacial score (nSPS) is 17.9. The molecule has 2 heterocycles. The molecule has 2 aromatic carbocycles. The van der Waals surface area contributed by atoms with Gasteiger partial charge in [0.2, 0.25) is 0 Å². The van der Waals surface area contributed by atoms with Crippen molar-refractivity contribution in [2.75, 3.05) is 39.6 Å². The monoisotopic (exact) mass is 541 g/mol. The van der Waals surface area contributed by atoms with Gasteiger partial charge in [-0.3, -0.25) is 9.69 Å². The van der Waals surface area contributed by atoms with Gasteiger partial charge in [0.1, 0.15) is 43.8 Å². The average Bonchev–Trinajstić information content (AvgIpc) is 2.90. The van der Waals surface area contributed by atoms with Crippen molar-refractivity contribution < 1.29 is 46.1 Å². The molecular weight excluding hydrogens is 513 g/mol. The molecule has 1 saturated heterocycles. The molecular formula is C27H28F5NO5. The van der Waals surface area contributed by atoms with E-state index in [-0.39, 0.29) is 18.1 Å². The molecule has 1 fully saturated rings. The largest absolute Gasteiger partial charge is 0.489 e. The van der Waals surface area contributed by atoms with Crippen molar-refractivity contribution >= 4 is 12.0 Å². The van der Waals surface area contributed by atoms with E-state index in [0.29, 0.717) is 37.6 Å². The van der Waals surface area contributed by atoms with Crippen molar-refractivity contribution in [3.63, 3.8) is 0 Å². The number of likely N-dealkylation sites (tertiary alicyclic amines) is 1. The highest BCUT2D eigenvalue weighted by atomic mass is 19.4. The second kappa shape index (κ2) is 12.0. The van der Waals surface area contributed by atoms with E-state index < -0.39 is 42.9 Å². The van der Waals surface area contributed by atoms with Crippen LogP contribution in [0.3, 0.4) is 0 Å². The van der Waals surface area contributed by atoms with Gasteiger partial charge in [-0.15, -0.1) is 0 Å². The molecule has 2 aliphatic rings. The molecule has 38 heavy (non-hydrogen) atoms. The summed E-state index contributed by atoms with van der Waals surface area (Å²) in [6.07, 6.45) is -2.89. The molecule has 1 atom stereocenters. The van der Waals surface area contributed by atoms with E-state index in [0.717, 1.165) is 36.2 Å². The summed E-state index contributed by atoms with van der Waals surface area (Å²) in [6, 6.07) is 8.33. The van der Waals surface area contributed by atoms with E-state index in [4.69, 9.17) is 14.2 Å². The number of halogens is 5. The lowest BCUT2D eigenvalue weighted by atomic mass is 9.97. The Hall–Kier alpha value is -3.34. The maximum Gasteiger partial charge on any atom is 0.419 e. The van der Waals surface area contributed by atoms with Gasteiger partial charge in [-0.2, -0.15) is 13.2 Å². The van der Waals surface area contributed by atoms with Gasteiger partial charge >= 0.3 is 12.1 Å². The number of carbonyl (C=O) groups is 1. The van der Waals surface area contributed by atoms with Crippen molar-refractivity contribution in [1.29, 1.82) is 0 Å². The van der Waals surface area contributed by atoms with Gasteiger partial charge in [0, 0.05) is 24.7 Å². The van der Waals surface area contributed by atoms with Gasteiger partial charge in [0.15, 0.2) is 6.10 Å². The third kappa shape index (κ3) is 6.94. The van der Waals surface area contributed by atoms with Crippen LogP contribution in [0.4, 0.5) is 22.0 Å². The van der Waals surface area contributed by atoms with Crippen molar-refractivity contribution in [3.8, 4) is 17.2 Å². The molecule has 1 N–H and O–H groups in total. The predicted octanol–water partition coefficient (Wildman–Crippen LogP) is 5.54. The van der Waals surface area contributed by atoms with Crippen LogP contribution < -0.4 is 14.2 Å². The first-order chi connectivity index (χ1) is 18.2. The molecule has 4 rings (SSSR count). The number of aliphatic carboxylic acids is 1. The number of alkyl halides is 5. The Morgan fingerprint density at radius 2 is 1.95 bits per heavy atom. The van der Waals surface area contributed by atoms with Gasteiger partial charge in [-0.05, 0) is 60.9 Å². The molecule has 6 nitrogen and oxygen atoms in total. The number of hydrogen-bond acceptors (Lipinski definition) is 5. The Bertz CT molecular complexity index is 1170. The van der Waals surface area contributed by atoms with E-state index in [9.17, 15) is 31.9 Å². The van der Waals surface area contributed by atoms with Crippen LogP contribution in [0, 0.1) is 5.92 Å². The molecule has 0 radical (unpaired) electrons. The fourth-order valence-electron chi connectivity index (χ4n) is 4.50. The lowest BCUT2D eigenvalue weighted by molar-refractivity contribution is -0.143. The summed E-state index contributed by atoms with van der Waals surface area (Å²) in [4.78, 5) is 13.4. The number of ether oxygens (including phenoxy) is 3. The van der Waals surface area contributed by atoms with Gasteiger partial charge < -0.3 is 19.3 Å². The first-order valence-electron chi connectivity index (χ1n) is 12.2. The van der Waals surface area contributed by atoms with Crippen molar-refractivity contribution in [2.24, 2.45) is 5.92 Å². The standard InChI is InChI=1S/C27H28F5NO5/c28-11-22(12-29)38-24-6-3-17(9-23(24)27(30,31)32)15-36-21-5-4-19-8-18(16-37-25(19)10-21)13-33-7-1-2-20(14-33)26(34)35/h3-6,8-10,20,22H,1-2,7,11-16H2,(H,34,35)/t20-/m1/s1. The van der Waals surface area contributed by atoms with Crippen molar-refractivity contribution in [2.45, 2.75) is 31.7 Å². The molecule has 0 amide bonds. The fraction of sp³-hybridized carbons (Fsp3) is 0.444. The summed E-state index contributed by atoms with van der Waals surface area (Å²) in [5.74, 6) is -0.822. The van der Waals surface area contributed by atoms with E-state index in [1.54, 1.807) is 18.2 Å². The van der Waals surface area contributed by atoms with E-state index in [1.165, 1.54) is 6.07 Å². The summed E-state index contributed by atoms with van der Waals surface area (Å²) in [7, 11) is 0. The maximum atomic E-state index is 13.5. The molecule has 11 heteroatoms. The van der Waals surface area contributed by atoms with Crippen LogP contribution in [0.1, 0.15) is 29.5 Å². The minimum Gasteiger partial charge on any atom is -0.489 e. The zero-order valence-electron chi connectivity index (χ0n) is 20.5. The summed E-state index contributed by atoms with van der Waals surface area (Å²) in [5.41, 5.74) is 0.896. The number of carboxylic acids is 1. The fourth-order valence-corrected chi connectivity index (χ4v) is 4.50. The van der Waals surface area contributed by atoms with Crippen LogP contribution in [0.5, 0.6) is 17.2 Å². The summed E-state index contributed by atoms with van der Waals surface area (Å²) < 4.78 is 82.4. The average molecular weight is 542 g/mol. The number of benzene rings is 2. The highest BCUT2D eigenvalue weighted by Gasteiger charge is 2.35. The molecule has 0 bridgehead atoms. The summed E-state index contributed by atoms with van der Waals surface area (Å²) in [6.45, 7) is -0.408. The van der Waals surface area contributed by atoms with Crippen molar-refractivity contribution in [3.05, 3.63) is 58.7 Å². The van der Waals surface area contributed by atoms with E-state index in [1.807, 2.05) is 6.08 Å². The van der Waals surface area contributed by atoms with Crippen molar-refractivity contribution in [1.82, 2.24) is 4.90 Å². The van der Waals surface area contributed by atoms with E-state index >= 15 is 0 Å². The third-order valence-corrected chi connectivity index (χ3v) is 6.43. The van der Waals surface area contributed by atoms with Crippen LogP contribution in [-0.4, -0.2) is 61.7 Å². The van der Waals surface area contributed by atoms with E-state index in [2.05, 4.69) is 4.90 Å². The predicted molar refractivity (Wildman–Crippen MR) is 129 cm³/mol. The molecule has 206 valence electrons. The molecule has 0 saturated carbocycles. The van der Waals surface area contributed by atoms with Gasteiger partial charge in [-0.25, -0.2) is 8.78 Å². The summed E-state index contributed by atoms with van der Waals surface area (Å²) >= 11 is 0. The van der Waals surface area contributed by atoms with Crippen LogP contribution in [0.25, 0.3) is 6.08 Å². The Kier molecular flexibility index (Phi) is 8.76. The Morgan fingerprint density at radius 1 is 1.16 bits per heavy atom. The molecule has 2 aromatic rings. The second-order valence-corrected chi connectivity index (χ2v) is 9.37. The number of nitrogens with zero attached hydrogens (tertiary/aromatic N) is 1. The quantitative estimate of drug-likeness (QED) is 0.399. The Morgan fingerprint density at radius 3 is 2.66 bits per heavy atom. The number of hydrogen-bond donors (Lipinski definition) is 1. The van der Waals surface area contributed by atoms with Crippen LogP contribution >= 0.6 is 0 Å². The number of piperidine rings is 1. The summed E-state index contributed by atoms with van der Waals surface area (Å²) in [5, 5.41) is 9.29. The highest BCUT2D eigenvalue weighted by Crippen LogP contribution is 2.38. The second-order valence-electron chi connectivity index (χ2n) is 9.37. The lowest BCUT2D eigenvalue weighted by Gasteiger charge is -2.32. The zero-order chi connectivity index (χ0) is 27.3. The Balaban J connectivity index is 1.40. The Labute approximate surface area is 216 Å². The highest BCUT2D eigenvalue weighted by molar-refractivity contribution is 5.70. The first-order valence-corrected chi connectivity index (χ1v) is 12.2. The van der Waals surface area contributed by atoms with Crippen LogP contribution in [-0.2, 0) is 17.6 Å². The molecule has 2 aliphatic heterocycles. The van der Waals surface area contributed by atoms with Crippen LogP contribution in [0.2, 0.25) is 0 Å². The van der Waals surface area contributed by atoms with Gasteiger partial charge in [-0.1, -0.05) is 6.07 Å². The van der Waals surface area contributed by atoms with Crippen LogP contribution in [0.15, 0.2) is 42.0 Å². The smallest absolute Gasteiger partial charge is 0.419 e. The molecule has 0 spiro atoms. The maximum absolute atomic E-state index is 13.5. The van der Waals surface area contributed by atoms with Gasteiger partial charge in [0.05, 0.1) is 11.5 Å². The minimum absolute atomic E-state index is 0.182. The SMILES string of the molecule is O=C(O)[C@@H]1CCCN(CC2=Cc3ccc(OCc4ccc(OC(CF)CF)c(C(F)(F)F)c4)cc3OC2)C1. The van der Waals surface area contributed by atoms with Gasteiger partial charge in [0.25, 0.3) is 0 Å². The minimum atomic E-state index is -4.78. The number of fused-ring (bicyclic) bond motifs is 1. The lowest BCUT2D eigenvalue weighted by Crippen LogP contribution is -2.40. The molecule has 0 aliphatic carbocycles. The first kappa shape index (κ1) is 27.7. The molecule has 0 aromatic heterocycles. The zero-order valence-corrected chi connectivity index (χ0v) is 20.5. The topological polar surface area (TPSA) is 68.2 Å².